The second-order valence-corrected chi connectivity index (χ2v) is 6.28. The van der Waals surface area contributed by atoms with Gasteiger partial charge in [0.2, 0.25) is 0 Å². The molecule has 1 atom stereocenters. The second-order valence-electron chi connectivity index (χ2n) is 6.28. The fraction of sp³-hybridized carbons (Fsp3) is 0.867. The van der Waals surface area contributed by atoms with Crippen LogP contribution in [0.25, 0.3) is 0 Å². The van der Waals surface area contributed by atoms with E-state index in [1.807, 2.05) is 39.7 Å². The van der Waals surface area contributed by atoms with E-state index in [-0.39, 0.29) is 23.2 Å². The van der Waals surface area contributed by atoms with Gasteiger partial charge in [0.25, 0.3) is 0 Å². The van der Waals surface area contributed by atoms with Crippen molar-refractivity contribution in [3.8, 4) is 0 Å². The average molecular weight is 257 g/mol. The molecule has 0 aromatic rings. The Morgan fingerprint density at radius 2 is 1.94 bits per heavy atom. The maximum Gasteiger partial charge on any atom is 0.0971 e. The lowest BCUT2D eigenvalue weighted by Crippen LogP contribution is -2.62. The van der Waals surface area contributed by atoms with Gasteiger partial charge in [0.15, 0.2) is 0 Å². The standard InChI is InChI=1S/C15H29NO2/c1-7-9-13(8-2)18-16-14(3,4)10-12(17)11-15(16,5)6/h7,9,12-13,17H,8,10-11H2,1-6H3/b9-7+/i9D,13D. The van der Waals surface area contributed by atoms with Gasteiger partial charge in [-0.3, -0.25) is 4.84 Å². The molecule has 1 aliphatic rings. The summed E-state index contributed by atoms with van der Waals surface area (Å²) in [4.78, 5) is 5.99. The zero-order valence-corrected chi connectivity index (χ0v) is 12.6. The van der Waals surface area contributed by atoms with E-state index < -0.39 is 6.08 Å². The Morgan fingerprint density at radius 3 is 2.33 bits per heavy atom. The molecule has 0 aromatic heterocycles. The molecule has 0 aliphatic carbocycles. The first-order chi connectivity index (χ1) is 8.98. The minimum absolute atomic E-state index is 0.165. The van der Waals surface area contributed by atoms with Crippen LogP contribution in [0.4, 0.5) is 0 Å². The Bertz CT molecular complexity index is 364. The normalized spacial score (nSPS) is 30.5. The summed E-state index contributed by atoms with van der Waals surface area (Å²) >= 11 is 0. The predicted molar refractivity (Wildman–Crippen MR) is 75.2 cm³/mol. The lowest BCUT2D eigenvalue weighted by atomic mass is 9.80. The molecule has 1 rings (SSSR count). The van der Waals surface area contributed by atoms with Crippen molar-refractivity contribution < 1.29 is 12.7 Å². The van der Waals surface area contributed by atoms with Crippen LogP contribution in [0.3, 0.4) is 0 Å². The molecule has 0 amide bonds. The number of nitrogens with zero attached hydrogens (tertiary/aromatic N) is 1. The van der Waals surface area contributed by atoms with Crippen LogP contribution in [0.15, 0.2) is 12.1 Å². The average Bonchev–Trinajstić information content (AvgIpc) is 2.31. The van der Waals surface area contributed by atoms with E-state index in [2.05, 4.69) is 0 Å². The molecular formula is C15H29NO2. The topological polar surface area (TPSA) is 32.7 Å². The summed E-state index contributed by atoms with van der Waals surface area (Å²) in [5, 5.41) is 11.9. The maximum absolute atomic E-state index is 10.0. The van der Waals surface area contributed by atoms with Gasteiger partial charge in [0.05, 0.1) is 14.9 Å². The molecule has 1 N–H and O–H groups in total. The van der Waals surface area contributed by atoms with E-state index in [4.69, 9.17) is 7.58 Å². The van der Waals surface area contributed by atoms with Crippen molar-refractivity contribution in [3.05, 3.63) is 12.1 Å². The maximum atomic E-state index is 10.0. The summed E-state index contributed by atoms with van der Waals surface area (Å²) < 4.78 is 16.4. The largest absolute Gasteiger partial charge is 0.393 e. The number of aliphatic hydroxyl groups excluding tert-OH is 1. The molecule has 1 aliphatic heterocycles. The molecule has 1 fully saturated rings. The molecule has 3 heteroatoms. The molecular weight excluding hydrogens is 226 g/mol. The molecule has 0 spiro atoms. The Kier molecular flexibility index (Phi) is 4.02. The van der Waals surface area contributed by atoms with Crippen LogP contribution in [0.2, 0.25) is 0 Å². The summed E-state index contributed by atoms with van der Waals surface area (Å²) in [5.41, 5.74) is -0.757. The molecule has 0 aromatic carbocycles. The van der Waals surface area contributed by atoms with Crippen LogP contribution in [-0.2, 0) is 4.84 Å². The third-order valence-corrected chi connectivity index (χ3v) is 3.40. The van der Waals surface area contributed by atoms with Crippen LogP contribution in [-0.4, -0.2) is 33.4 Å². The van der Waals surface area contributed by atoms with Gasteiger partial charge in [-0.1, -0.05) is 19.1 Å². The highest BCUT2D eigenvalue weighted by atomic mass is 16.7. The van der Waals surface area contributed by atoms with Crippen molar-refractivity contribution in [2.45, 2.75) is 84.1 Å². The minimum atomic E-state index is -1.37. The zero-order chi connectivity index (χ0) is 15.8. The summed E-state index contributed by atoms with van der Waals surface area (Å²) in [7, 11) is 0. The third kappa shape index (κ3) is 3.56. The minimum Gasteiger partial charge on any atom is -0.393 e. The van der Waals surface area contributed by atoms with E-state index in [9.17, 15) is 5.11 Å². The number of rotatable bonds is 4. The smallest absolute Gasteiger partial charge is 0.0971 e. The molecule has 18 heavy (non-hydrogen) atoms. The number of hydrogen-bond donors (Lipinski definition) is 1. The number of piperidine rings is 1. The van der Waals surface area contributed by atoms with E-state index >= 15 is 0 Å². The predicted octanol–water partition coefficient (Wildman–Crippen LogP) is 3.29. The van der Waals surface area contributed by atoms with E-state index in [0.717, 1.165) is 0 Å². The molecule has 106 valence electrons. The fourth-order valence-corrected chi connectivity index (χ4v) is 2.92. The number of allylic oxidation sites excluding steroid dienone is 1. The van der Waals surface area contributed by atoms with Crippen LogP contribution < -0.4 is 0 Å². The third-order valence-electron chi connectivity index (χ3n) is 3.40. The second kappa shape index (κ2) is 5.72. The van der Waals surface area contributed by atoms with Crippen molar-refractivity contribution in [2.75, 3.05) is 0 Å². The first-order valence-corrected chi connectivity index (χ1v) is 6.79. The van der Waals surface area contributed by atoms with E-state index in [1.165, 1.54) is 0 Å². The lowest BCUT2D eigenvalue weighted by molar-refractivity contribution is -0.306. The molecule has 1 unspecified atom stereocenters. The number of aliphatic hydroxyl groups is 1. The number of hydrogen-bond acceptors (Lipinski definition) is 3. The van der Waals surface area contributed by atoms with Crippen molar-refractivity contribution in [1.29, 1.82) is 0 Å². The number of hydroxylamine groups is 2. The summed E-state index contributed by atoms with van der Waals surface area (Å²) in [6.45, 7) is 11.6. The van der Waals surface area contributed by atoms with Gasteiger partial charge in [-0.2, -0.15) is 5.06 Å². The fourth-order valence-electron chi connectivity index (χ4n) is 2.92. The Balaban J connectivity index is 3.09. The molecule has 1 heterocycles. The Hall–Kier alpha value is -0.380. The van der Waals surface area contributed by atoms with Gasteiger partial charge >= 0.3 is 0 Å². The van der Waals surface area contributed by atoms with Gasteiger partial charge in [0.1, 0.15) is 0 Å². The van der Waals surface area contributed by atoms with Crippen molar-refractivity contribution in [3.63, 3.8) is 0 Å². The van der Waals surface area contributed by atoms with Gasteiger partial charge in [-0.25, -0.2) is 0 Å². The van der Waals surface area contributed by atoms with Crippen molar-refractivity contribution in [2.24, 2.45) is 0 Å². The van der Waals surface area contributed by atoms with Crippen LogP contribution >= 0.6 is 0 Å². The highest BCUT2D eigenvalue weighted by Gasteiger charge is 2.46. The van der Waals surface area contributed by atoms with Gasteiger partial charge < -0.3 is 5.11 Å². The van der Waals surface area contributed by atoms with E-state index in [0.29, 0.717) is 19.3 Å². The molecule has 3 nitrogen and oxygen atoms in total. The van der Waals surface area contributed by atoms with Crippen LogP contribution in [0.1, 0.15) is 63.5 Å². The van der Waals surface area contributed by atoms with Crippen LogP contribution in [0, 0.1) is 0 Å². The highest BCUT2D eigenvalue weighted by molar-refractivity contribution is 4.97. The molecule has 0 saturated carbocycles. The monoisotopic (exact) mass is 257 g/mol. The van der Waals surface area contributed by atoms with Gasteiger partial charge in [-0.05, 0) is 53.9 Å². The molecule has 0 radical (unpaired) electrons. The lowest BCUT2D eigenvalue weighted by Gasteiger charge is -2.53. The molecule has 1 saturated heterocycles. The first kappa shape index (κ1) is 12.6. The molecule has 0 bridgehead atoms. The first-order valence-electron chi connectivity index (χ1n) is 7.79. The van der Waals surface area contributed by atoms with Crippen molar-refractivity contribution >= 4 is 0 Å². The van der Waals surface area contributed by atoms with Gasteiger partial charge in [-0.15, -0.1) is 0 Å². The summed E-state index contributed by atoms with van der Waals surface area (Å²) in [5.74, 6) is 0. The van der Waals surface area contributed by atoms with Gasteiger partial charge in [0, 0.05) is 11.1 Å². The van der Waals surface area contributed by atoms with Crippen molar-refractivity contribution in [1.82, 2.24) is 5.06 Å². The summed E-state index contributed by atoms with van der Waals surface area (Å²) in [6.07, 6.45) is 1.47. The summed E-state index contributed by atoms with van der Waals surface area (Å²) in [6, 6.07) is 0.165. The van der Waals surface area contributed by atoms with Crippen LogP contribution in [0.5, 0.6) is 0 Å². The zero-order valence-electron chi connectivity index (χ0n) is 14.6. The Labute approximate surface area is 115 Å². The highest BCUT2D eigenvalue weighted by Crippen LogP contribution is 2.39. The Morgan fingerprint density at radius 1 is 1.44 bits per heavy atom. The quantitative estimate of drug-likeness (QED) is 0.784. The van der Waals surface area contributed by atoms with E-state index in [1.54, 1.807) is 13.0 Å². The SMILES string of the molecule is [2H]/C(=C\C)C([2H])(CC)ON1C(C)(C)CC(O)CC1(C)C.